The summed E-state index contributed by atoms with van der Waals surface area (Å²) in [6.45, 7) is 1.50. The van der Waals surface area contributed by atoms with E-state index in [-0.39, 0.29) is 36.1 Å². The molecule has 1 aromatic carbocycles. The van der Waals surface area contributed by atoms with Gasteiger partial charge in [0.1, 0.15) is 6.04 Å². The second kappa shape index (κ2) is 5.59. The molecule has 0 radical (unpaired) electrons. The minimum absolute atomic E-state index is 0.0294. The number of carbonyl (C=O) groups is 4. The molecule has 8 nitrogen and oxygen atoms in total. The molecule has 3 saturated heterocycles. The molecule has 4 amide bonds. The summed E-state index contributed by atoms with van der Waals surface area (Å²) in [5, 5.41) is 5.40. The topological polar surface area (TPSA) is 98.8 Å². The van der Waals surface area contributed by atoms with Crippen LogP contribution < -0.4 is 15.5 Å². The third-order valence-corrected chi connectivity index (χ3v) is 5.89. The van der Waals surface area contributed by atoms with E-state index < -0.39 is 35.5 Å². The lowest BCUT2D eigenvalue weighted by atomic mass is 9.87. The van der Waals surface area contributed by atoms with Gasteiger partial charge in [0.2, 0.25) is 11.8 Å². The van der Waals surface area contributed by atoms with Gasteiger partial charge in [0.25, 0.3) is 11.8 Å². The van der Waals surface area contributed by atoms with Crippen LogP contribution in [0.25, 0.3) is 0 Å². The van der Waals surface area contributed by atoms with Gasteiger partial charge in [0.05, 0.1) is 16.8 Å². The number of hydrogen-bond donors (Lipinski definition) is 2. The van der Waals surface area contributed by atoms with E-state index in [0.29, 0.717) is 5.69 Å². The summed E-state index contributed by atoms with van der Waals surface area (Å²) < 4.78 is 15.3. The SMILES string of the molecule is O=C1CCC(N2C(=O)c3ccc(N4C5CNCC4C5)c(F)c3C2=O)C(=O)N1. The van der Waals surface area contributed by atoms with E-state index in [1.807, 2.05) is 4.90 Å². The van der Waals surface area contributed by atoms with Crippen LogP contribution in [0.1, 0.15) is 40.0 Å². The van der Waals surface area contributed by atoms with E-state index in [1.165, 1.54) is 12.1 Å². The number of fused-ring (bicyclic) bond motifs is 3. The Bertz CT molecular complexity index is 903. The molecule has 4 aliphatic heterocycles. The van der Waals surface area contributed by atoms with Gasteiger partial charge in [0.15, 0.2) is 5.82 Å². The largest absolute Gasteiger partial charge is 0.360 e. The molecule has 3 atom stereocenters. The number of piperidine rings is 2. The fraction of sp³-hybridized carbons (Fsp3) is 0.444. The zero-order valence-electron chi connectivity index (χ0n) is 14.3. The Morgan fingerprint density at radius 2 is 1.78 bits per heavy atom. The maximum atomic E-state index is 15.3. The average molecular weight is 372 g/mol. The number of nitrogens with one attached hydrogen (secondary N) is 2. The number of carbonyl (C=O) groups excluding carboxylic acids is 4. The molecule has 5 rings (SSSR count). The Balaban J connectivity index is 1.51. The third-order valence-electron chi connectivity index (χ3n) is 5.89. The minimum Gasteiger partial charge on any atom is -0.360 e. The van der Waals surface area contributed by atoms with Gasteiger partial charge in [-0.15, -0.1) is 0 Å². The first-order valence-corrected chi connectivity index (χ1v) is 9.00. The van der Waals surface area contributed by atoms with Crippen molar-refractivity contribution in [1.82, 2.24) is 15.5 Å². The summed E-state index contributed by atoms with van der Waals surface area (Å²) in [6, 6.07) is 2.26. The van der Waals surface area contributed by atoms with Gasteiger partial charge in [-0.25, -0.2) is 4.39 Å². The van der Waals surface area contributed by atoms with Crippen molar-refractivity contribution in [2.45, 2.75) is 37.4 Å². The van der Waals surface area contributed by atoms with Gasteiger partial charge in [-0.05, 0) is 25.0 Å². The van der Waals surface area contributed by atoms with Crippen LogP contribution in [-0.4, -0.2) is 59.7 Å². The first-order chi connectivity index (χ1) is 13.0. The summed E-state index contributed by atoms with van der Waals surface area (Å²) in [4.78, 5) is 51.7. The Morgan fingerprint density at radius 3 is 2.44 bits per heavy atom. The molecule has 0 aromatic heterocycles. The van der Waals surface area contributed by atoms with E-state index in [1.54, 1.807) is 0 Å². The second-order valence-electron chi connectivity index (χ2n) is 7.38. The van der Waals surface area contributed by atoms with Crippen LogP contribution in [0.2, 0.25) is 0 Å². The molecular weight excluding hydrogens is 355 g/mol. The van der Waals surface area contributed by atoms with E-state index >= 15 is 4.39 Å². The number of piperazine rings is 1. The van der Waals surface area contributed by atoms with Crippen LogP contribution in [-0.2, 0) is 9.59 Å². The number of imide groups is 2. The van der Waals surface area contributed by atoms with Gasteiger partial charge in [-0.3, -0.25) is 29.4 Å². The number of amides is 4. The molecule has 140 valence electrons. The maximum Gasteiger partial charge on any atom is 0.265 e. The number of anilines is 1. The molecule has 0 aliphatic carbocycles. The molecule has 3 unspecified atom stereocenters. The van der Waals surface area contributed by atoms with Gasteiger partial charge in [-0.1, -0.05) is 0 Å². The second-order valence-corrected chi connectivity index (χ2v) is 7.38. The quantitative estimate of drug-likeness (QED) is 0.697. The summed E-state index contributed by atoms with van der Waals surface area (Å²) in [5.74, 6) is -3.37. The van der Waals surface area contributed by atoms with Crippen molar-refractivity contribution in [2.75, 3.05) is 18.0 Å². The lowest BCUT2D eigenvalue weighted by Gasteiger charge is -2.54. The number of halogens is 1. The first kappa shape index (κ1) is 16.4. The molecule has 0 saturated carbocycles. The Hall–Kier alpha value is -2.81. The van der Waals surface area contributed by atoms with Crippen LogP contribution >= 0.6 is 0 Å². The van der Waals surface area contributed by atoms with Gasteiger partial charge < -0.3 is 10.2 Å². The highest BCUT2D eigenvalue weighted by Gasteiger charge is 2.48. The average Bonchev–Trinajstić information content (AvgIpc) is 2.89. The minimum atomic E-state index is -1.09. The van der Waals surface area contributed by atoms with Crippen LogP contribution in [0.4, 0.5) is 10.1 Å². The van der Waals surface area contributed by atoms with Crippen LogP contribution in [0.5, 0.6) is 0 Å². The fourth-order valence-corrected chi connectivity index (χ4v) is 4.58. The highest BCUT2D eigenvalue weighted by molar-refractivity contribution is 6.24. The van der Waals surface area contributed by atoms with Crippen LogP contribution in [0, 0.1) is 5.82 Å². The fourth-order valence-electron chi connectivity index (χ4n) is 4.58. The number of hydrogen-bond acceptors (Lipinski definition) is 6. The lowest BCUT2D eigenvalue weighted by Crippen LogP contribution is -2.68. The van der Waals surface area contributed by atoms with Crippen LogP contribution in [0.3, 0.4) is 0 Å². The predicted octanol–water partition coefficient (Wildman–Crippen LogP) is -0.223. The van der Waals surface area contributed by atoms with Crippen molar-refractivity contribution in [3.8, 4) is 0 Å². The van der Waals surface area contributed by atoms with E-state index in [2.05, 4.69) is 10.6 Å². The zero-order valence-corrected chi connectivity index (χ0v) is 14.3. The van der Waals surface area contributed by atoms with E-state index in [4.69, 9.17) is 0 Å². The molecule has 0 spiro atoms. The lowest BCUT2D eigenvalue weighted by molar-refractivity contribution is -0.136. The molecule has 4 heterocycles. The molecule has 4 aliphatic rings. The summed E-state index contributed by atoms with van der Waals surface area (Å²) in [6.07, 6.45) is 1.05. The van der Waals surface area contributed by atoms with Crippen molar-refractivity contribution in [2.24, 2.45) is 0 Å². The standard InChI is InChI=1S/C18H17FN4O4/c19-15-11(22-8-5-9(22)7-20-6-8)2-1-10-14(15)18(27)23(17(10)26)12-3-4-13(24)21-16(12)25/h1-2,8-9,12,20H,3-7H2,(H,21,24,25). The van der Waals surface area contributed by atoms with E-state index in [0.717, 1.165) is 24.4 Å². The smallest absolute Gasteiger partial charge is 0.265 e. The van der Waals surface area contributed by atoms with Gasteiger partial charge >= 0.3 is 0 Å². The Kier molecular flexibility index (Phi) is 3.39. The maximum absolute atomic E-state index is 15.3. The Morgan fingerprint density at radius 1 is 1.04 bits per heavy atom. The molecule has 27 heavy (non-hydrogen) atoms. The van der Waals surface area contributed by atoms with Crippen molar-refractivity contribution in [3.05, 3.63) is 29.1 Å². The summed E-state index contributed by atoms with van der Waals surface area (Å²) in [5.41, 5.74) is 0.0117. The van der Waals surface area contributed by atoms with E-state index in [9.17, 15) is 19.2 Å². The van der Waals surface area contributed by atoms with Crippen molar-refractivity contribution in [1.29, 1.82) is 0 Å². The first-order valence-electron chi connectivity index (χ1n) is 9.00. The van der Waals surface area contributed by atoms with Crippen molar-refractivity contribution < 1.29 is 23.6 Å². The molecule has 3 fully saturated rings. The Labute approximate surface area is 153 Å². The third kappa shape index (κ3) is 2.18. The molecule has 2 N–H and O–H groups in total. The summed E-state index contributed by atoms with van der Waals surface area (Å²) in [7, 11) is 0. The predicted molar refractivity (Wildman–Crippen MR) is 90.6 cm³/mol. The number of rotatable bonds is 2. The van der Waals surface area contributed by atoms with Crippen molar-refractivity contribution >= 4 is 29.3 Å². The highest BCUT2D eigenvalue weighted by atomic mass is 19.1. The molecule has 2 bridgehead atoms. The van der Waals surface area contributed by atoms with Crippen LogP contribution in [0.15, 0.2) is 12.1 Å². The number of nitrogens with zero attached hydrogens (tertiary/aromatic N) is 2. The van der Waals surface area contributed by atoms with Gasteiger partial charge in [-0.2, -0.15) is 0 Å². The monoisotopic (exact) mass is 372 g/mol. The van der Waals surface area contributed by atoms with Gasteiger partial charge in [0, 0.05) is 31.6 Å². The molecule has 1 aromatic rings. The normalized spacial score (nSPS) is 29.6. The number of benzene rings is 1. The highest BCUT2D eigenvalue weighted by Crippen LogP contribution is 2.39. The summed E-state index contributed by atoms with van der Waals surface area (Å²) >= 11 is 0. The molecule has 9 heteroatoms. The molecular formula is C18H17FN4O4. The van der Waals surface area contributed by atoms with Crippen molar-refractivity contribution in [3.63, 3.8) is 0 Å². The zero-order chi connectivity index (χ0) is 18.9.